The molecule has 0 unspecified atom stereocenters. The minimum Gasteiger partial charge on any atom is -0.339 e. The summed E-state index contributed by atoms with van der Waals surface area (Å²) in [6, 6.07) is 7.51. The molecule has 4 nitrogen and oxygen atoms in total. The number of sulfone groups is 1. The molecule has 1 aromatic rings. The van der Waals surface area contributed by atoms with Crippen molar-refractivity contribution in [2.75, 3.05) is 18.8 Å². The number of rotatable bonds is 4. The summed E-state index contributed by atoms with van der Waals surface area (Å²) in [7, 11) is -3.04. The van der Waals surface area contributed by atoms with Crippen molar-refractivity contribution in [1.82, 2.24) is 4.90 Å². The van der Waals surface area contributed by atoms with Gasteiger partial charge in [-0.2, -0.15) is 0 Å². The number of carbonyl (C=O) groups is 1. The lowest BCUT2D eigenvalue weighted by Gasteiger charge is -2.32. The van der Waals surface area contributed by atoms with Crippen molar-refractivity contribution in [2.45, 2.75) is 38.9 Å². The number of carbonyl (C=O) groups excluding carboxylic acids is 1. The Balaban J connectivity index is 1.97. The third-order valence-corrected chi connectivity index (χ3v) is 6.72. The number of aryl methyl sites for hydroxylation is 1. The average Bonchev–Trinajstić information content (AvgIpc) is 2.46. The number of piperidine rings is 1. The highest BCUT2D eigenvalue weighted by Gasteiger charge is 2.32. The fraction of sp³-hybridized carbons (Fsp3) is 0.588. The van der Waals surface area contributed by atoms with E-state index in [2.05, 4.69) is 0 Å². The SMILES string of the molecule is Cc1ccc(C(=O)N2CCC(S(=O)(=O)CC(C)C)CC2)cc1. The summed E-state index contributed by atoms with van der Waals surface area (Å²) < 4.78 is 24.6. The molecule has 22 heavy (non-hydrogen) atoms. The van der Waals surface area contributed by atoms with Crippen LogP contribution in [0.4, 0.5) is 0 Å². The van der Waals surface area contributed by atoms with Crippen molar-refractivity contribution in [3.8, 4) is 0 Å². The second-order valence-corrected chi connectivity index (χ2v) is 8.91. The van der Waals surface area contributed by atoms with Crippen LogP contribution in [0.1, 0.15) is 42.6 Å². The molecule has 0 aliphatic carbocycles. The Labute approximate surface area is 133 Å². The molecule has 0 atom stereocenters. The first kappa shape index (κ1) is 17.0. The maximum Gasteiger partial charge on any atom is 0.253 e. The molecule has 1 saturated heterocycles. The van der Waals surface area contributed by atoms with E-state index < -0.39 is 9.84 Å². The second-order valence-electron chi connectivity index (χ2n) is 6.58. The third kappa shape index (κ3) is 4.09. The zero-order valence-electron chi connectivity index (χ0n) is 13.6. The smallest absolute Gasteiger partial charge is 0.253 e. The van der Waals surface area contributed by atoms with Crippen LogP contribution in [-0.4, -0.2) is 43.3 Å². The van der Waals surface area contributed by atoms with Crippen LogP contribution in [0, 0.1) is 12.8 Å². The van der Waals surface area contributed by atoms with Gasteiger partial charge >= 0.3 is 0 Å². The molecule has 0 bridgehead atoms. The molecule has 0 spiro atoms. The summed E-state index contributed by atoms with van der Waals surface area (Å²) in [5.74, 6) is 0.390. The van der Waals surface area contributed by atoms with Crippen LogP contribution < -0.4 is 0 Å². The van der Waals surface area contributed by atoms with Crippen LogP contribution in [-0.2, 0) is 9.84 Å². The quantitative estimate of drug-likeness (QED) is 0.856. The van der Waals surface area contributed by atoms with Gasteiger partial charge in [-0.1, -0.05) is 31.5 Å². The van der Waals surface area contributed by atoms with E-state index in [4.69, 9.17) is 0 Å². The number of amides is 1. The number of benzene rings is 1. The molecule has 1 aliphatic rings. The maximum atomic E-state index is 12.4. The van der Waals surface area contributed by atoms with Gasteiger partial charge in [-0.05, 0) is 37.8 Å². The summed E-state index contributed by atoms with van der Waals surface area (Å²) in [5.41, 5.74) is 1.80. The van der Waals surface area contributed by atoms with E-state index >= 15 is 0 Å². The fourth-order valence-corrected chi connectivity index (χ4v) is 5.03. The van der Waals surface area contributed by atoms with E-state index in [0.29, 0.717) is 31.5 Å². The largest absolute Gasteiger partial charge is 0.339 e. The van der Waals surface area contributed by atoms with Crippen LogP contribution in [0.5, 0.6) is 0 Å². The molecule has 1 fully saturated rings. The van der Waals surface area contributed by atoms with Crippen LogP contribution >= 0.6 is 0 Å². The molecule has 0 saturated carbocycles. The topological polar surface area (TPSA) is 54.5 Å². The van der Waals surface area contributed by atoms with Crippen molar-refractivity contribution in [3.05, 3.63) is 35.4 Å². The van der Waals surface area contributed by atoms with Crippen molar-refractivity contribution in [3.63, 3.8) is 0 Å². The predicted octanol–water partition coefficient (Wildman–Crippen LogP) is 2.67. The standard InChI is InChI=1S/C17H25NO3S/c1-13(2)12-22(20,21)16-8-10-18(11-9-16)17(19)15-6-4-14(3)5-7-15/h4-7,13,16H,8-12H2,1-3H3. The van der Waals surface area contributed by atoms with E-state index in [1.165, 1.54) is 0 Å². The van der Waals surface area contributed by atoms with Gasteiger partial charge in [-0.15, -0.1) is 0 Å². The second kappa shape index (κ2) is 6.82. The molecule has 1 heterocycles. The Morgan fingerprint density at radius 2 is 1.73 bits per heavy atom. The molecule has 122 valence electrons. The van der Waals surface area contributed by atoms with Crippen molar-refractivity contribution in [1.29, 1.82) is 0 Å². The van der Waals surface area contributed by atoms with E-state index in [9.17, 15) is 13.2 Å². The summed E-state index contributed by atoms with van der Waals surface area (Å²) in [5, 5.41) is -0.294. The molecular weight excluding hydrogens is 298 g/mol. The zero-order chi connectivity index (χ0) is 16.3. The highest BCUT2D eigenvalue weighted by molar-refractivity contribution is 7.92. The summed E-state index contributed by atoms with van der Waals surface area (Å²) >= 11 is 0. The molecule has 1 aliphatic heterocycles. The average molecular weight is 323 g/mol. The van der Waals surface area contributed by atoms with Crippen molar-refractivity contribution in [2.24, 2.45) is 5.92 Å². The Bertz CT molecular complexity index is 612. The predicted molar refractivity (Wildman–Crippen MR) is 88.7 cm³/mol. The molecule has 1 aromatic carbocycles. The summed E-state index contributed by atoms with van der Waals surface area (Å²) in [4.78, 5) is 14.2. The van der Waals surface area contributed by atoms with Crippen LogP contribution in [0.25, 0.3) is 0 Å². The highest BCUT2D eigenvalue weighted by Crippen LogP contribution is 2.21. The lowest BCUT2D eigenvalue weighted by Crippen LogP contribution is -2.43. The third-order valence-electron chi connectivity index (χ3n) is 4.10. The number of likely N-dealkylation sites (tertiary alicyclic amines) is 1. The van der Waals surface area contributed by atoms with Gasteiger partial charge in [0.1, 0.15) is 0 Å². The van der Waals surface area contributed by atoms with Gasteiger partial charge in [0, 0.05) is 18.7 Å². The van der Waals surface area contributed by atoms with Gasteiger partial charge in [0.25, 0.3) is 5.91 Å². The lowest BCUT2D eigenvalue weighted by molar-refractivity contribution is 0.0725. The maximum absolute atomic E-state index is 12.4. The molecule has 0 N–H and O–H groups in total. The summed E-state index contributed by atoms with van der Waals surface area (Å²) in [6.45, 7) is 6.88. The van der Waals surface area contributed by atoms with Gasteiger partial charge in [0.05, 0.1) is 11.0 Å². The molecule has 0 aromatic heterocycles. The highest BCUT2D eigenvalue weighted by atomic mass is 32.2. The van der Waals surface area contributed by atoms with Gasteiger partial charge in [0.2, 0.25) is 0 Å². The zero-order valence-corrected chi connectivity index (χ0v) is 14.4. The van der Waals surface area contributed by atoms with Gasteiger partial charge in [0.15, 0.2) is 9.84 Å². The first-order valence-electron chi connectivity index (χ1n) is 7.87. The van der Waals surface area contributed by atoms with Crippen molar-refractivity contribution >= 4 is 15.7 Å². The Morgan fingerprint density at radius 1 is 1.18 bits per heavy atom. The molecule has 1 amide bonds. The lowest BCUT2D eigenvalue weighted by atomic mass is 10.1. The van der Waals surface area contributed by atoms with Gasteiger partial charge in [-0.3, -0.25) is 4.79 Å². The number of hydrogen-bond acceptors (Lipinski definition) is 3. The Kier molecular flexibility index (Phi) is 5.27. The number of hydrogen-bond donors (Lipinski definition) is 0. The van der Waals surface area contributed by atoms with Crippen LogP contribution in [0.3, 0.4) is 0 Å². The van der Waals surface area contributed by atoms with Crippen LogP contribution in [0.2, 0.25) is 0 Å². The van der Waals surface area contributed by atoms with Crippen LogP contribution in [0.15, 0.2) is 24.3 Å². The van der Waals surface area contributed by atoms with E-state index in [1.807, 2.05) is 45.0 Å². The van der Waals surface area contributed by atoms with Gasteiger partial charge < -0.3 is 4.90 Å². The number of nitrogens with zero attached hydrogens (tertiary/aromatic N) is 1. The Hall–Kier alpha value is -1.36. The van der Waals surface area contributed by atoms with E-state index in [-0.39, 0.29) is 22.8 Å². The summed E-state index contributed by atoms with van der Waals surface area (Å²) in [6.07, 6.45) is 1.10. The molecule has 5 heteroatoms. The minimum atomic E-state index is -3.04. The van der Waals surface area contributed by atoms with Crippen molar-refractivity contribution < 1.29 is 13.2 Å². The first-order chi connectivity index (χ1) is 10.3. The van der Waals surface area contributed by atoms with E-state index in [0.717, 1.165) is 5.56 Å². The molecule has 0 radical (unpaired) electrons. The normalized spacial score (nSPS) is 17.0. The Morgan fingerprint density at radius 3 is 2.23 bits per heavy atom. The minimum absolute atomic E-state index is 0.000271. The molecular formula is C17H25NO3S. The monoisotopic (exact) mass is 323 g/mol. The fourth-order valence-electron chi connectivity index (χ4n) is 2.90. The van der Waals surface area contributed by atoms with Gasteiger partial charge in [-0.25, -0.2) is 8.42 Å². The first-order valence-corrected chi connectivity index (χ1v) is 9.58. The van der Waals surface area contributed by atoms with E-state index in [1.54, 1.807) is 4.90 Å². The molecule has 2 rings (SSSR count).